The van der Waals surface area contributed by atoms with Crippen LogP contribution in [0.25, 0.3) is 0 Å². The average Bonchev–Trinajstić information content (AvgIpc) is 2.87. The van der Waals surface area contributed by atoms with Gasteiger partial charge in [-0.1, -0.05) is 6.07 Å². The zero-order valence-corrected chi connectivity index (χ0v) is 13.4. The van der Waals surface area contributed by atoms with Crippen molar-refractivity contribution in [2.75, 3.05) is 13.1 Å². The summed E-state index contributed by atoms with van der Waals surface area (Å²) in [5.74, 6) is -2.02. The van der Waals surface area contributed by atoms with Crippen LogP contribution >= 0.6 is 0 Å². The van der Waals surface area contributed by atoms with E-state index in [-0.39, 0.29) is 0 Å². The summed E-state index contributed by atoms with van der Waals surface area (Å²) in [7, 11) is 0. The Kier molecular flexibility index (Phi) is 6.17. The van der Waals surface area contributed by atoms with E-state index >= 15 is 0 Å². The van der Waals surface area contributed by atoms with E-state index in [1.54, 1.807) is 0 Å². The summed E-state index contributed by atoms with van der Waals surface area (Å²) in [4.78, 5) is 15.8. The average molecular weight is 346 g/mol. The number of likely N-dealkylation sites (tertiary alicyclic amines) is 1. The lowest BCUT2D eigenvalue weighted by molar-refractivity contribution is -0.192. The Balaban J connectivity index is 0.000000256. The maximum atomic E-state index is 10.6. The van der Waals surface area contributed by atoms with Gasteiger partial charge in [0.15, 0.2) is 0 Å². The monoisotopic (exact) mass is 346 g/mol. The highest BCUT2D eigenvalue weighted by Gasteiger charge is 2.38. The minimum atomic E-state index is -5.08. The predicted molar refractivity (Wildman–Crippen MR) is 80.3 cm³/mol. The van der Waals surface area contributed by atoms with Gasteiger partial charge in [-0.25, -0.2) is 4.79 Å². The minimum Gasteiger partial charge on any atom is -0.475 e. The number of carboxylic acid groups (broad SMARTS) is 1. The fourth-order valence-electron chi connectivity index (χ4n) is 3.14. The molecular weight excluding hydrogens is 325 g/mol. The molecule has 2 fully saturated rings. The molecule has 5 nitrogen and oxygen atoms in total. The molecule has 0 aliphatic carbocycles. The van der Waals surface area contributed by atoms with E-state index in [0.29, 0.717) is 12.2 Å². The molecule has 0 spiro atoms. The number of aromatic nitrogens is 1. The number of hydrogen-bond acceptors (Lipinski definition) is 4. The Morgan fingerprint density at radius 2 is 2.17 bits per heavy atom. The van der Waals surface area contributed by atoms with E-state index < -0.39 is 12.1 Å². The normalized spacial score (nSPS) is 27.1. The van der Waals surface area contributed by atoms with Crippen LogP contribution < -0.4 is 0 Å². The number of alkyl halides is 3. The molecular formula is C16H21F3N2O3. The van der Waals surface area contributed by atoms with E-state index in [1.165, 1.54) is 25.1 Å². The molecule has 3 rings (SSSR count). The third-order valence-corrected chi connectivity index (χ3v) is 4.14. The van der Waals surface area contributed by atoms with Crippen LogP contribution in [0.5, 0.6) is 0 Å². The topological polar surface area (TPSA) is 62.7 Å². The largest absolute Gasteiger partial charge is 0.490 e. The molecule has 8 heteroatoms. The van der Waals surface area contributed by atoms with Crippen LogP contribution in [-0.4, -0.2) is 52.4 Å². The molecule has 1 aromatic heterocycles. The van der Waals surface area contributed by atoms with Crippen molar-refractivity contribution < 1.29 is 27.8 Å². The van der Waals surface area contributed by atoms with Crippen molar-refractivity contribution in [1.29, 1.82) is 0 Å². The van der Waals surface area contributed by atoms with Gasteiger partial charge >= 0.3 is 12.1 Å². The molecule has 0 aromatic carbocycles. The van der Waals surface area contributed by atoms with Crippen LogP contribution in [0.2, 0.25) is 0 Å². The standard InChI is InChI=1S/C14H20N2O.C2HF3O2/c1-11-8-12-9-16(7-5-14(12)17-11)10-13-4-2-3-6-15-13;3-2(4,5)1(6)7/h2-4,6,11-12,14H,5,7-10H2,1H3;(H,6,7)/t11-,12-,14-;/m0./s1. The van der Waals surface area contributed by atoms with Crippen LogP contribution in [0.1, 0.15) is 25.5 Å². The molecule has 3 heterocycles. The number of pyridine rings is 1. The molecule has 2 aliphatic heterocycles. The van der Waals surface area contributed by atoms with Crippen LogP contribution in [0.4, 0.5) is 13.2 Å². The summed E-state index contributed by atoms with van der Waals surface area (Å²) in [5, 5.41) is 7.12. The first kappa shape index (κ1) is 18.7. The van der Waals surface area contributed by atoms with E-state index in [9.17, 15) is 13.2 Å². The van der Waals surface area contributed by atoms with Gasteiger partial charge in [-0.05, 0) is 31.9 Å². The lowest BCUT2D eigenvalue weighted by Gasteiger charge is -2.33. The van der Waals surface area contributed by atoms with Crippen LogP contribution in [-0.2, 0) is 16.1 Å². The van der Waals surface area contributed by atoms with Gasteiger partial charge in [0.2, 0.25) is 0 Å². The molecule has 1 N–H and O–H groups in total. The Morgan fingerprint density at radius 3 is 2.75 bits per heavy atom. The quantitative estimate of drug-likeness (QED) is 0.892. The first-order valence-electron chi connectivity index (χ1n) is 7.83. The number of carbonyl (C=O) groups is 1. The number of piperidine rings is 1. The van der Waals surface area contributed by atoms with Gasteiger partial charge in [0.1, 0.15) is 0 Å². The van der Waals surface area contributed by atoms with Gasteiger partial charge in [0.05, 0.1) is 17.9 Å². The number of carboxylic acids is 1. The second-order valence-corrected chi connectivity index (χ2v) is 6.13. The van der Waals surface area contributed by atoms with Crippen molar-refractivity contribution in [3.8, 4) is 0 Å². The Bertz CT molecular complexity index is 539. The fourth-order valence-corrected chi connectivity index (χ4v) is 3.14. The zero-order valence-electron chi connectivity index (χ0n) is 13.4. The molecule has 24 heavy (non-hydrogen) atoms. The zero-order chi connectivity index (χ0) is 17.7. The predicted octanol–water partition coefficient (Wildman–Crippen LogP) is 2.71. The molecule has 134 valence electrons. The lowest BCUT2D eigenvalue weighted by Crippen LogP contribution is -2.40. The van der Waals surface area contributed by atoms with Crippen molar-refractivity contribution in [1.82, 2.24) is 9.88 Å². The van der Waals surface area contributed by atoms with Crippen molar-refractivity contribution in [3.63, 3.8) is 0 Å². The van der Waals surface area contributed by atoms with Gasteiger partial charge in [-0.15, -0.1) is 0 Å². The molecule has 2 saturated heterocycles. The number of rotatable bonds is 2. The van der Waals surface area contributed by atoms with Gasteiger partial charge in [0.25, 0.3) is 0 Å². The summed E-state index contributed by atoms with van der Waals surface area (Å²) in [5.41, 5.74) is 1.18. The molecule has 0 bridgehead atoms. The number of fused-ring (bicyclic) bond motifs is 1. The molecule has 2 aliphatic rings. The maximum absolute atomic E-state index is 10.6. The molecule has 3 atom stereocenters. The molecule has 0 amide bonds. The Labute approximate surface area is 138 Å². The summed E-state index contributed by atoms with van der Waals surface area (Å²) in [6.07, 6.45) is 0.179. The Hall–Kier alpha value is -1.67. The minimum absolute atomic E-state index is 0.458. The van der Waals surface area contributed by atoms with Crippen molar-refractivity contribution in [2.24, 2.45) is 5.92 Å². The smallest absolute Gasteiger partial charge is 0.475 e. The summed E-state index contributed by atoms with van der Waals surface area (Å²) >= 11 is 0. The SMILES string of the molecule is C[C@H]1C[C@H]2CN(Cc3ccccn3)CC[C@@H]2O1.O=C(O)C(F)(F)F. The number of ether oxygens (including phenoxy) is 1. The second kappa shape index (κ2) is 7.94. The first-order chi connectivity index (χ1) is 11.3. The van der Waals surface area contributed by atoms with Crippen LogP contribution in [0, 0.1) is 5.92 Å². The molecule has 1 aromatic rings. The number of nitrogens with zero attached hydrogens (tertiary/aromatic N) is 2. The van der Waals surface area contributed by atoms with Crippen molar-refractivity contribution >= 4 is 5.97 Å². The number of halogens is 3. The molecule has 0 unspecified atom stereocenters. The highest BCUT2D eigenvalue weighted by molar-refractivity contribution is 5.73. The third-order valence-electron chi connectivity index (χ3n) is 4.14. The van der Waals surface area contributed by atoms with Crippen molar-refractivity contribution in [3.05, 3.63) is 30.1 Å². The number of aliphatic carboxylic acids is 1. The fraction of sp³-hybridized carbons (Fsp3) is 0.625. The Morgan fingerprint density at radius 1 is 1.46 bits per heavy atom. The van der Waals surface area contributed by atoms with Crippen molar-refractivity contribution in [2.45, 2.75) is 44.7 Å². The summed E-state index contributed by atoms with van der Waals surface area (Å²) in [6, 6.07) is 6.15. The van der Waals surface area contributed by atoms with E-state index in [2.05, 4.69) is 28.9 Å². The van der Waals surface area contributed by atoms with E-state index in [0.717, 1.165) is 19.0 Å². The second-order valence-electron chi connectivity index (χ2n) is 6.13. The van der Waals surface area contributed by atoms with E-state index in [1.807, 2.05) is 12.3 Å². The molecule has 0 saturated carbocycles. The van der Waals surface area contributed by atoms with Crippen LogP contribution in [0.3, 0.4) is 0 Å². The van der Waals surface area contributed by atoms with Gasteiger partial charge < -0.3 is 9.84 Å². The highest BCUT2D eigenvalue weighted by atomic mass is 19.4. The van der Waals surface area contributed by atoms with Crippen LogP contribution in [0.15, 0.2) is 24.4 Å². The first-order valence-corrected chi connectivity index (χ1v) is 7.83. The summed E-state index contributed by atoms with van der Waals surface area (Å²) < 4.78 is 37.7. The number of hydrogen-bond donors (Lipinski definition) is 1. The van der Waals surface area contributed by atoms with Gasteiger partial charge in [-0.3, -0.25) is 9.88 Å². The lowest BCUT2D eigenvalue weighted by atomic mass is 9.93. The van der Waals surface area contributed by atoms with E-state index in [4.69, 9.17) is 14.6 Å². The highest BCUT2D eigenvalue weighted by Crippen LogP contribution is 2.32. The van der Waals surface area contributed by atoms with Gasteiger partial charge in [0, 0.05) is 31.7 Å². The van der Waals surface area contributed by atoms with Gasteiger partial charge in [-0.2, -0.15) is 13.2 Å². The summed E-state index contributed by atoms with van der Waals surface area (Å²) in [6.45, 7) is 5.50. The molecule has 0 radical (unpaired) electrons. The third kappa shape index (κ3) is 5.45. The maximum Gasteiger partial charge on any atom is 0.490 e.